The molecule has 3 heteroatoms. The van der Waals surface area contributed by atoms with E-state index in [-0.39, 0.29) is 5.75 Å². The lowest BCUT2D eigenvalue weighted by atomic mass is 10.1. The third kappa shape index (κ3) is 2.36. The lowest BCUT2D eigenvalue weighted by Gasteiger charge is -2.03. The lowest BCUT2D eigenvalue weighted by Crippen LogP contribution is -2.23. The zero-order chi connectivity index (χ0) is 8.97. The molecule has 0 aromatic heterocycles. The summed E-state index contributed by atoms with van der Waals surface area (Å²) in [4.78, 5) is 10.2. The van der Waals surface area contributed by atoms with Crippen LogP contribution in [-0.2, 0) is 11.2 Å². The second-order valence-electron chi connectivity index (χ2n) is 2.67. The summed E-state index contributed by atoms with van der Waals surface area (Å²) in [6.07, 6.45) is 1.23. The average Bonchev–Trinajstić information content (AvgIpc) is 2.09. The Balaban J connectivity index is 2.64. The predicted molar refractivity (Wildman–Crippen MR) is 45.9 cm³/mol. The molecule has 1 rings (SSSR count). The maximum atomic E-state index is 10.2. The van der Waals surface area contributed by atoms with Crippen LogP contribution in [0.2, 0.25) is 0 Å². The van der Waals surface area contributed by atoms with Gasteiger partial charge in [0.05, 0.1) is 6.04 Å². The molecule has 3 nitrogen and oxygen atoms in total. The highest BCUT2D eigenvalue weighted by molar-refractivity contribution is 5.57. The van der Waals surface area contributed by atoms with Crippen molar-refractivity contribution in [2.24, 2.45) is 5.73 Å². The maximum Gasteiger partial charge on any atom is 0.137 e. The Hall–Kier alpha value is -1.35. The van der Waals surface area contributed by atoms with Gasteiger partial charge in [0, 0.05) is 0 Å². The van der Waals surface area contributed by atoms with Gasteiger partial charge in [0.1, 0.15) is 12.0 Å². The van der Waals surface area contributed by atoms with Crippen molar-refractivity contribution < 1.29 is 9.90 Å². The van der Waals surface area contributed by atoms with Crippen LogP contribution in [0.15, 0.2) is 24.3 Å². The molecule has 0 aliphatic heterocycles. The summed E-state index contributed by atoms with van der Waals surface area (Å²) in [6.45, 7) is 0. The number of carbonyl (C=O) groups excluding carboxylic acids is 1. The summed E-state index contributed by atoms with van der Waals surface area (Å²) >= 11 is 0. The van der Waals surface area contributed by atoms with Crippen LogP contribution in [0.1, 0.15) is 5.56 Å². The first-order chi connectivity index (χ1) is 5.72. The fraction of sp³-hybridized carbons (Fsp3) is 0.222. The topological polar surface area (TPSA) is 63.3 Å². The van der Waals surface area contributed by atoms with Gasteiger partial charge in [0.2, 0.25) is 0 Å². The normalized spacial score (nSPS) is 12.4. The van der Waals surface area contributed by atoms with Crippen LogP contribution in [0.5, 0.6) is 5.75 Å². The van der Waals surface area contributed by atoms with E-state index < -0.39 is 6.04 Å². The van der Waals surface area contributed by atoms with Crippen LogP contribution in [0.4, 0.5) is 0 Å². The minimum absolute atomic E-state index is 0.221. The van der Waals surface area contributed by atoms with E-state index in [1.54, 1.807) is 24.3 Å². The Kier molecular flexibility index (Phi) is 2.82. The van der Waals surface area contributed by atoms with Crippen molar-refractivity contribution in [3.05, 3.63) is 29.8 Å². The molecule has 1 unspecified atom stereocenters. The van der Waals surface area contributed by atoms with Crippen LogP contribution in [0, 0.1) is 0 Å². The molecule has 0 aliphatic carbocycles. The van der Waals surface area contributed by atoms with E-state index in [2.05, 4.69) is 0 Å². The van der Waals surface area contributed by atoms with Crippen molar-refractivity contribution in [3.8, 4) is 5.75 Å². The molecule has 0 spiro atoms. The number of benzene rings is 1. The number of carbonyl (C=O) groups is 1. The minimum atomic E-state index is -0.449. The first kappa shape index (κ1) is 8.74. The van der Waals surface area contributed by atoms with Gasteiger partial charge >= 0.3 is 0 Å². The Labute approximate surface area is 70.8 Å². The van der Waals surface area contributed by atoms with E-state index in [1.807, 2.05) is 0 Å². The molecular formula is C9H11NO2. The highest BCUT2D eigenvalue weighted by atomic mass is 16.3. The Morgan fingerprint density at radius 1 is 1.42 bits per heavy atom. The number of hydrogen-bond donors (Lipinski definition) is 2. The third-order valence-corrected chi connectivity index (χ3v) is 1.58. The van der Waals surface area contributed by atoms with Gasteiger partial charge in [-0.3, -0.25) is 0 Å². The molecule has 64 valence electrons. The summed E-state index contributed by atoms with van der Waals surface area (Å²) in [5.74, 6) is 0.221. The average molecular weight is 165 g/mol. The molecule has 0 aliphatic rings. The second-order valence-corrected chi connectivity index (χ2v) is 2.67. The van der Waals surface area contributed by atoms with Crippen molar-refractivity contribution in [3.63, 3.8) is 0 Å². The summed E-state index contributed by atoms with van der Waals surface area (Å²) in [5.41, 5.74) is 6.36. The van der Waals surface area contributed by atoms with Crippen molar-refractivity contribution in [2.75, 3.05) is 0 Å². The first-order valence-electron chi connectivity index (χ1n) is 3.71. The Morgan fingerprint density at radius 3 is 2.50 bits per heavy atom. The highest BCUT2D eigenvalue weighted by Crippen LogP contribution is 2.10. The number of aldehydes is 1. The van der Waals surface area contributed by atoms with Crippen LogP contribution < -0.4 is 5.73 Å². The molecule has 1 aromatic carbocycles. The van der Waals surface area contributed by atoms with E-state index in [0.29, 0.717) is 12.7 Å². The van der Waals surface area contributed by atoms with E-state index in [4.69, 9.17) is 10.8 Å². The van der Waals surface area contributed by atoms with Crippen molar-refractivity contribution in [2.45, 2.75) is 12.5 Å². The number of aromatic hydroxyl groups is 1. The molecule has 1 atom stereocenters. The number of hydrogen-bond acceptors (Lipinski definition) is 3. The molecular weight excluding hydrogens is 154 g/mol. The Morgan fingerprint density at radius 2 is 2.00 bits per heavy atom. The van der Waals surface area contributed by atoms with E-state index >= 15 is 0 Å². The molecule has 0 fully saturated rings. The van der Waals surface area contributed by atoms with Gasteiger partial charge < -0.3 is 15.6 Å². The molecule has 3 N–H and O–H groups in total. The molecule has 1 aromatic rings. The van der Waals surface area contributed by atoms with Gasteiger partial charge in [-0.2, -0.15) is 0 Å². The molecule has 0 saturated carbocycles. The SMILES string of the molecule is NC(C=O)Cc1ccc(O)cc1. The molecule has 0 bridgehead atoms. The van der Waals surface area contributed by atoms with Crippen molar-refractivity contribution in [1.82, 2.24) is 0 Å². The van der Waals surface area contributed by atoms with E-state index in [1.165, 1.54) is 0 Å². The molecule has 0 heterocycles. The van der Waals surface area contributed by atoms with Gasteiger partial charge in [0.15, 0.2) is 0 Å². The lowest BCUT2D eigenvalue weighted by molar-refractivity contribution is -0.108. The summed E-state index contributed by atoms with van der Waals surface area (Å²) in [5, 5.41) is 8.95. The van der Waals surface area contributed by atoms with Crippen LogP contribution in [0.25, 0.3) is 0 Å². The smallest absolute Gasteiger partial charge is 0.137 e. The number of phenols is 1. The standard InChI is InChI=1S/C9H11NO2/c10-8(6-11)5-7-1-3-9(12)4-2-7/h1-4,6,8,12H,5,10H2. The number of rotatable bonds is 3. The molecule has 0 saturated heterocycles. The third-order valence-electron chi connectivity index (χ3n) is 1.58. The second kappa shape index (κ2) is 3.88. The summed E-state index contributed by atoms with van der Waals surface area (Å²) in [6, 6.07) is 6.20. The quantitative estimate of drug-likeness (QED) is 0.639. The maximum absolute atomic E-state index is 10.2. The van der Waals surface area contributed by atoms with Gasteiger partial charge in [-0.1, -0.05) is 12.1 Å². The fourth-order valence-corrected chi connectivity index (χ4v) is 0.952. The van der Waals surface area contributed by atoms with Crippen LogP contribution >= 0.6 is 0 Å². The van der Waals surface area contributed by atoms with Gasteiger partial charge in [-0.15, -0.1) is 0 Å². The van der Waals surface area contributed by atoms with Crippen molar-refractivity contribution in [1.29, 1.82) is 0 Å². The van der Waals surface area contributed by atoms with Gasteiger partial charge in [0.25, 0.3) is 0 Å². The Bertz CT molecular complexity index is 256. The summed E-state index contributed by atoms with van der Waals surface area (Å²) < 4.78 is 0. The van der Waals surface area contributed by atoms with E-state index in [9.17, 15) is 4.79 Å². The fourth-order valence-electron chi connectivity index (χ4n) is 0.952. The highest BCUT2D eigenvalue weighted by Gasteiger charge is 2.00. The first-order valence-corrected chi connectivity index (χ1v) is 3.71. The van der Waals surface area contributed by atoms with Crippen molar-refractivity contribution >= 4 is 6.29 Å². The zero-order valence-electron chi connectivity index (χ0n) is 6.60. The minimum Gasteiger partial charge on any atom is -0.508 e. The van der Waals surface area contributed by atoms with Crippen LogP contribution in [-0.4, -0.2) is 17.4 Å². The van der Waals surface area contributed by atoms with Gasteiger partial charge in [-0.05, 0) is 24.1 Å². The van der Waals surface area contributed by atoms with Gasteiger partial charge in [-0.25, -0.2) is 0 Å². The molecule has 12 heavy (non-hydrogen) atoms. The molecule has 0 amide bonds. The summed E-state index contributed by atoms with van der Waals surface area (Å²) in [7, 11) is 0. The number of phenolic OH excluding ortho intramolecular Hbond substituents is 1. The predicted octanol–water partition coefficient (Wildman–Crippen LogP) is 0.461. The monoisotopic (exact) mass is 165 g/mol. The largest absolute Gasteiger partial charge is 0.508 e. The van der Waals surface area contributed by atoms with E-state index in [0.717, 1.165) is 5.56 Å². The molecule has 0 radical (unpaired) electrons. The number of nitrogens with two attached hydrogens (primary N) is 1. The zero-order valence-corrected chi connectivity index (χ0v) is 6.60. The van der Waals surface area contributed by atoms with Crippen LogP contribution in [0.3, 0.4) is 0 Å².